The van der Waals surface area contributed by atoms with Crippen LogP contribution in [0.15, 0.2) is 146 Å². The molecule has 0 aliphatic rings. The van der Waals surface area contributed by atoms with Gasteiger partial charge >= 0.3 is 17.9 Å². The molecule has 0 aromatic rings. The minimum Gasteiger partial charge on any atom is -0.462 e. The first kappa shape index (κ1) is 73.3. The highest BCUT2D eigenvalue weighted by atomic mass is 16.6. The first-order valence-electron chi connectivity index (χ1n) is 31.8. The third-order valence-corrected chi connectivity index (χ3v) is 13.1. The molecule has 1 unspecified atom stereocenters. The minimum atomic E-state index is -0.810. The topological polar surface area (TPSA) is 78.9 Å². The molecule has 0 rings (SSSR count). The van der Waals surface area contributed by atoms with Gasteiger partial charge in [0.05, 0.1) is 0 Å². The standard InChI is InChI=1S/C72H116O6/c1-4-7-10-13-16-18-20-22-24-26-28-30-32-33-34-35-36-37-38-39-41-42-44-46-48-50-52-54-56-59-62-65-71(74)77-68-69(67-76-70(73)64-61-58-15-12-9-6-3)78-72(75)66-63-60-57-55-53-51-49-47-45-43-40-31-29-27-25-23-21-19-17-14-11-8-5-2/h7-8,10-11,16-19,22-25,28-31,33-34,43,45,49,51,55,57,69H,4-6,9,12-15,20-21,26-27,32,35-42,44,46-48,50,52-54,56,58-68H2,1-3H3/b10-7-,11-8-,18-16-,19-17-,24-22-,25-23-,30-28-,31-29-,34-33-,45-43-,51-49-,57-55-. The molecule has 0 saturated heterocycles. The van der Waals surface area contributed by atoms with Crippen molar-refractivity contribution in [2.24, 2.45) is 0 Å². The third-order valence-electron chi connectivity index (χ3n) is 13.1. The van der Waals surface area contributed by atoms with Gasteiger partial charge in [0, 0.05) is 19.3 Å². The second kappa shape index (κ2) is 64.8. The molecule has 0 aliphatic carbocycles. The molecule has 0 heterocycles. The van der Waals surface area contributed by atoms with Crippen LogP contribution in [-0.4, -0.2) is 37.2 Å². The summed E-state index contributed by atoms with van der Waals surface area (Å²) in [5, 5.41) is 0. The van der Waals surface area contributed by atoms with Crippen molar-refractivity contribution < 1.29 is 28.6 Å². The van der Waals surface area contributed by atoms with Crippen LogP contribution < -0.4 is 0 Å². The van der Waals surface area contributed by atoms with Gasteiger partial charge in [-0.3, -0.25) is 14.4 Å². The summed E-state index contributed by atoms with van der Waals surface area (Å²) in [4.78, 5) is 38.0. The van der Waals surface area contributed by atoms with E-state index >= 15 is 0 Å². The van der Waals surface area contributed by atoms with Gasteiger partial charge in [-0.25, -0.2) is 0 Å². The first-order chi connectivity index (χ1) is 38.5. The SMILES string of the molecule is CC/C=C\C/C=C\C/C=C\C/C=C\C/C=C\C/C=C\C/C=C\CCCC(=O)OC(COC(=O)CCCCCCCC)COC(=O)CCCCCCCCCCCCCCCCC/C=C\C/C=C\C/C=C\C/C=C\C/C=C\CC. The van der Waals surface area contributed by atoms with E-state index in [0.29, 0.717) is 19.3 Å². The van der Waals surface area contributed by atoms with Crippen LogP contribution in [0.2, 0.25) is 0 Å². The smallest absolute Gasteiger partial charge is 0.306 e. The van der Waals surface area contributed by atoms with E-state index in [9.17, 15) is 14.4 Å². The van der Waals surface area contributed by atoms with Crippen LogP contribution in [0.3, 0.4) is 0 Å². The first-order valence-corrected chi connectivity index (χ1v) is 31.8. The van der Waals surface area contributed by atoms with E-state index in [4.69, 9.17) is 14.2 Å². The lowest BCUT2D eigenvalue weighted by Crippen LogP contribution is -2.30. The monoisotopic (exact) mass is 1080 g/mol. The highest BCUT2D eigenvalue weighted by Gasteiger charge is 2.19. The molecule has 0 aromatic heterocycles. The highest BCUT2D eigenvalue weighted by Crippen LogP contribution is 2.15. The van der Waals surface area contributed by atoms with Crippen LogP contribution in [0.5, 0.6) is 0 Å². The predicted molar refractivity (Wildman–Crippen MR) is 339 cm³/mol. The fourth-order valence-corrected chi connectivity index (χ4v) is 8.40. The molecule has 0 N–H and O–H groups in total. The number of hydrogen-bond donors (Lipinski definition) is 0. The van der Waals surface area contributed by atoms with Gasteiger partial charge in [0.1, 0.15) is 13.2 Å². The Balaban J connectivity index is 4.16. The molecule has 0 saturated carbocycles. The van der Waals surface area contributed by atoms with Gasteiger partial charge in [-0.1, -0.05) is 282 Å². The molecular formula is C72H116O6. The number of carbonyl (C=O) groups is 3. The Kier molecular flexibility index (Phi) is 60.9. The van der Waals surface area contributed by atoms with E-state index in [1.54, 1.807) is 0 Å². The fraction of sp³-hybridized carbons (Fsp3) is 0.625. The van der Waals surface area contributed by atoms with Crippen molar-refractivity contribution in [1.29, 1.82) is 0 Å². The van der Waals surface area contributed by atoms with E-state index in [1.807, 2.05) is 0 Å². The van der Waals surface area contributed by atoms with Gasteiger partial charge in [0.25, 0.3) is 0 Å². The van der Waals surface area contributed by atoms with E-state index < -0.39 is 6.10 Å². The van der Waals surface area contributed by atoms with Gasteiger partial charge in [-0.05, 0) is 116 Å². The molecule has 0 fully saturated rings. The summed E-state index contributed by atoms with van der Waals surface area (Å²) in [5.74, 6) is -0.975. The Morgan fingerprint density at radius 3 is 0.821 bits per heavy atom. The molecule has 0 spiro atoms. The normalized spacial score (nSPS) is 13.1. The number of rotatable bonds is 56. The summed E-state index contributed by atoms with van der Waals surface area (Å²) in [6, 6.07) is 0. The molecule has 6 heteroatoms. The molecule has 78 heavy (non-hydrogen) atoms. The molecule has 0 aliphatic heterocycles. The van der Waals surface area contributed by atoms with Crippen molar-refractivity contribution in [2.75, 3.05) is 13.2 Å². The molecule has 0 radical (unpaired) electrons. The van der Waals surface area contributed by atoms with E-state index in [2.05, 4.69) is 167 Å². The summed E-state index contributed by atoms with van der Waals surface area (Å²) in [7, 11) is 0. The summed E-state index contributed by atoms with van der Waals surface area (Å²) in [6.07, 6.45) is 93.3. The number of hydrogen-bond acceptors (Lipinski definition) is 6. The molecule has 440 valence electrons. The van der Waals surface area contributed by atoms with Gasteiger partial charge in [-0.15, -0.1) is 0 Å². The van der Waals surface area contributed by atoms with Crippen molar-refractivity contribution in [1.82, 2.24) is 0 Å². The molecule has 6 nitrogen and oxygen atoms in total. The fourth-order valence-electron chi connectivity index (χ4n) is 8.40. The lowest BCUT2D eigenvalue weighted by atomic mass is 10.0. The Bertz CT molecular complexity index is 1710. The zero-order chi connectivity index (χ0) is 56.4. The molecule has 0 amide bonds. The number of esters is 3. The van der Waals surface area contributed by atoms with Gasteiger partial charge in [-0.2, -0.15) is 0 Å². The maximum absolute atomic E-state index is 12.8. The highest BCUT2D eigenvalue weighted by molar-refractivity contribution is 5.71. The van der Waals surface area contributed by atoms with Crippen LogP contribution in [-0.2, 0) is 28.6 Å². The Hall–Kier alpha value is -4.71. The van der Waals surface area contributed by atoms with E-state index in [1.165, 1.54) is 103 Å². The lowest BCUT2D eigenvalue weighted by molar-refractivity contribution is -0.167. The van der Waals surface area contributed by atoms with Crippen LogP contribution in [0, 0.1) is 0 Å². The lowest BCUT2D eigenvalue weighted by Gasteiger charge is -2.18. The van der Waals surface area contributed by atoms with Crippen LogP contribution in [0.25, 0.3) is 0 Å². The van der Waals surface area contributed by atoms with Crippen LogP contribution in [0.4, 0.5) is 0 Å². The largest absolute Gasteiger partial charge is 0.462 e. The zero-order valence-corrected chi connectivity index (χ0v) is 50.4. The predicted octanol–water partition coefficient (Wildman–Crippen LogP) is 21.9. The molecule has 0 aromatic carbocycles. The van der Waals surface area contributed by atoms with Crippen LogP contribution in [0.1, 0.15) is 271 Å². The van der Waals surface area contributed by atoms with E-state index in [-0.39, 0.29) is 37.5 Å². The Labute approximate surface area is 480 Å². The molecule has 0 bridgehead atoms. The molecular weight excluding hydrogens is 961 g/mol. The average molecular weight is 1080 g/mol. The Morgan fingerprint density at radius 2 is 0.513 bits per heavy atom. The van der Waals surface area contributed by atoms with E-state index in [0.717, 1.165) is 122 Å². The van der Waals surface area contributed by atoms with Crippen molar-refractivity contribution in [3.05, 3.63) is 146 Å². The van der Waals surface area contributed by atoms with Crippen LogP contribution >= 0.6 is 0 Å². The third kappa shape index (κ3) is 62.1. The van der Waals surface area contributed by atoms with Gasteiger partial charge < -0.3 is 14.2 Å². The minimum absolute atomic E-state index is 0.104. The maximum atomic E-state index is 12.8. The summed E-state index contributed by atoms with van der Waals surface area (Å²) in [5.41, 5.74) is 0. The zero-order valence-electron chi connectivity index (χ0n) is 50.4. The van der Waals surface area contributed by atoms with Crippen molar-refractivity contribution >= 4 is 17.9 Å². The Morgan fingerprint density at radius 1 is 0.269 bits per heavy atom. The van der Waals surface area contributed by atoms with Crippen molar-refractivity contribution in [3.63, 3.8) is 0 Å². The number of carbonyl (C=O) groups excluding carboxylic acids is 3. The quantitative estimate of drug-likeness (QED) is 0.0261. The number of unbranched alkanes of at least 4 members (excludes halogenated alkanes) is 21. The second-order valence-electron chi connectivity index (χ2n) is 20.6. The summed E-state index contributed by atoms with van der Waals surface area (Å²) >= 11 is 0. The molecule has 1 atom stereocenters. The van der Waals surface area contributed by atoms with Crippen molar-refractivity contribution in [2.45, 2.75) is 277 Å². The van der Waals surface area contributed by atoms with Gasteiger partial charge in [0.15, 0.2) is 6.10 Å². The van der Waals surface area contributed by atoms with Crippen molar-refractivity contribution in [3.8, 4) is 0 Å². The summed E-state index contributed by atoms with van der Waals surface area (Å²) in [6.45, 7) is 6.30. The second-order valence-corrected chi connectivity index (χ2v) is 20.6. The average Bonchev–Trinajstić information content (AvgIpc) is 3.44. The van der Waals surface area contributed by atoms with Gasteiger partial charge in [0.2, 0.25) is 0 Å². The number of ether oxygens (including phenoxy) is 3. The summed E-state index contributed by atoms with van der Waals surface area (Å²) < 4.78 is 16.7. The maximum Gasteiger partial charge on any atom is 0.306 e. The number of allylic oxidation sites excluding steroid dienone is 24.